The third kappa shape index (κ3) is 3.71. The predicted octanol–water partition coefficient (Wildman–Crippen LogP) is 6.19. The molecule has 33 heavy (non-hydrogen) atoms. The van der Waals surface area contributed by atoms with Crippen LogP contribution < -0.4 is 4.90 Å². The smallest absolute Gasteiger partial charge is 0.301 e. The molecule has 1 fully saturated rings. The van der Waals surface area contributed by atoms with Crippen LogP contribution in [0, 0.1) is 13.8 Å². The van der Waals surface area contributed by atoms with Gasteiger partial charge in [0.25, 0.3) is 5.78 Å². The molecule has 0 saturated carbocycles. The molecule has 7 heteroatoms. The standard InChI is InChI=1S/C26H19ClN2O3S/c1-14-6-9-16(10-7-14)23(30)21-22(17-4-3-5-18(27)13-17)29(25(32)24(21)31)26-28-19-11-8-15(2)12-20(19)33-26/h3-13,22,30H,1-2H3/b23-21+/t22-/m0/s1. The van der Waals surface area contributed by atoms with Crippen LogP contribution in [-0.2, 0) is 9.59 Å². The highest BCUT2D eigenvalue weighted by Crippen LogP contribution is 2.44. The average molecular weight is 475 g/mol. The van der Waals surface area contributed by atoms with Crippen LogP contribution in [-0.4, -0.2) is 21.8 Å². The van der Waals surface area contributed by atoms with E-state index < -0.39 is 17.7 Å². The third-order valence-corrected chi connectivity index (χ3v) is 6.93. The summed E-state index contributed by atoms with van der Waals surface area (Å²) in [6, 6.07) is 19.1. The number of carbonyl (C=O) groups excluding carboxylic acids is 2. The molecule has 164 valence electrons. The molecule has 1 amide bonds. The molecule has 0 radical (unpaired) electrons. The molecule has 5 rings (SSSR count). The fourth-order valence-corrected chi connectivity index (χ4v) is 5.30. The number of halogens is 1. The molecule has 1 atom stereocenters. The highest BCUT2D eigenvalue weighted by Gasteiger charge is 2.48. The largest absolute Gasteiger partial charge is 0.507 e. The van der Waals surface area contributed by atoms with E-state index in [1.807, 2.05) is 44.2 Å². The minimum Gasteiger partial charge on any atom is -0.507 e. The van der Waals surface area contributed by atoms with Gasteiger partial charge >= 0.3 is 5.91 Å². The van der Waals surface area contributed by atoms with Crippen molar-refractivity contribution in [3.63, 3.8) is 0 Å². The van der Waals surface area contributed by atoms with Crippen LogP contribution in [0.4, 0.5) is 5.13 Å². The van der Waals surface area contributed by atoms with Crippen molar-refractivity contribution in [3.8, 4) is 0 Å². The number of anilines is 1. The highest BCUT2D eigenvalue weighted by atomic mass is 35.5. The fourth-order valence-electron chi connectivity index (χ4n) is 4.01. The molecule has 0 spiro atoms. The molecule has 0 unspecified atom stereocenters. The van der Waals surface area contributed by atoms with Gasteiger partial charge in [-0.05, 0) is 49.2 Å². The Morgan fingerprint density at radius 3 is 2.45 bits per heavy atom. The molecule has 1 aromatic heterocycles. The van der Waals surface area contributed by atoms with Gasteiger partial charge in [-0.1, -0.05) is 71.0 Å². The normalized spacial score (nSPS) is 17.8. The Kier molecular flexibility index (Phi) is 5.27. The Morgan fingerprint density at radius 1 is 1.00 bits per heavy atom. The molecule has 1 aliphatic rings. The minimum absolute atomic E-state index is 0.0153. The molecule has 1 N–H and O–H groups in total. The Labute approximate surface area is 199 Å². The topological polar surface area (TPSA) is 70.5 Å². The van der Waals surface area contributed by atoms with Crippen LogP contribution in [0.2, 0.25) is 5.02 Å². The first-order valence-electron chi connectivity index (χ1n) is 10.3. The number of aromatic nitrogens is 1. The SMILES string of the molecule is Cc1ccc(/C(O)=C2\C(=O)C(=O)N(c3nc4ccc(C)cc4s3)[C@H]2c2cccc(Cl)c2)cc1. The molecule has 2 heterocycles. The molecule has 5 nitrogen and oxygen atoms in total. The maximum Gasteiger partial charge on any atom is 0.301 e. The Balaban J connectivity index is 1.74. The number of aryl methyl sites for hydroxylation is 2. The van der Waals surface area contributed by atoms with E-state index in [2.05, 4.69) is 4.98 Å². The van der Waals surface area contributed by atoms with Gasteiger partial charge in [-0.3, -0.25) is 14.5 Å². The number of nitrogens with zero attached hydrogens (tertiary/aromatic N) is 2. The Hall–Kier alpha value is -3.48. The first-order chi connectivity index (χ1) is 15.8. The summed E-state index contributed by atoms with van der Waals surface area (Å²) in [7, 11) is 0. The van der Waals surface area contributed by atoms with Gasteiger partial charge in [0.15, 0.2) is 5.13 Å². The maximum absolute atomic E-state index is 13.3. The summed E-state index contributed by atoms with van der Waals surface area (Å²) in [5, 5.41) is 12.0. The van der Waals surface area contributed by atoms with Crippen molar-refractivity contribution in [3.05, 3.63) is 99.6 Å². The second-order valence-electron chi connectivity index (χ2n) is 8.06. The number of hydrogen-bond donors (Lipinski definition) is 1. The van der Waals surface area contributed by atoms with E-state index in [1.165, 1.54) is 16.2 Å². The van der Waals surface area contributed by atoms with Crippen molar-refractivity contribution in [2.75, 3.05) is 4.90 Å². The monoisotopic (exact) mass is 474 g/mol. The van der Waals surface area contributed by atoms with Crippen molar-refractivity contribution >= 4 is 55.7 Å². The second-order valence-corrected chi connectivity index (χ2v) is 9.50. The zero-order chi connectivity index (χ0) is 23.3. The third-order valence-electron chi connectivity index (χ3n) is 5.67. The van der Waals surface area contributed by atoms with Crippen LogP contribution in [0.5, 0.6) is 0 Å². The van der Waals surface area contributed by atoms with Gasteiger partial charge in [0.2, 0.25) is 0 Å². The maximum atomic E-state index is 13.3. The van der Waals surface area contributed by atoms with E-state index in [-0.39, 0.29) is 11.3 Å². The van der Waals surface area contributed by atoms with Gasteiger partial charge in [-0.15, -0.1) is 0 Å². The lowest BCUT2D eigenvalue weighted by atomic mass is 9.95. The summed E-state index contributed by atoms with van der Waals surface area (Å²) in [6.45, 7) is 3.92. The summed E-state index contributed by atoms with van der Waals surface area (Å²) < 4.78 is 0.912. The Bertz CT molecular complexity index is 1460. The number of amides is 1. The summed E-state index contributed by atoms with van der Waals surface area (Å²) in [5.74, 6) is -1.71. The molecular formula is C26H19ClN2O3S. The van der Waals surface area contributed by atoms with Gasteiger partial charge in [0.05, 0.1) is 21.8 Å². The van der Waals surface area contributed by atoms with Gasteiger partial charge in [-0.2, -0.15) is 0 Å². The second kappa shape index (κ2) is 8.14. The van der Waals surface area contributed by atoms with Gasteiger partial charge < -0.3 is 5.11 Å². The lowest BCUT2D eigenvalue weighted by molar-refractivity contribution is -0.132. The predicted molar refractivity (Wildman–Crippen MR) is 132 cm³/mol. The number of ketones is 1. The number of aliphatic hydroxyl groups is 1. The van der Waals surface area contributed by atoms with E-state index in [0.29, 0.717) is 21.3 Å². The van der Waals surface area contributed by atoms with Gasteiger partial charge in [0.1, 0.15) is 5.76 Å². The van der Waals surface area contributed by atoms with E-state index in [0.717, 1.165) is 21.3 Å². The van der Waals surface area contributed by atoms with Gasteiger partial charge in [0, 0.05) is 10.6 Å². The number of carbonyl (C=O) groups is 2. The quantitative estimate of drug-likeness (QED) is 0.218. The zero-order valence-electron chi connectivity index (χ0n) is 17.9. The van der Waals surface area contributed by atoms with E-state index >= 15 is 0 Å². The van der Waals surface area contributed by atoms with E-state index in [1.54, 1.807) is 36.4 Å². The summed E-state index contributed by atoms with van der Waals surface area (Å²) in [6.07, 6.45) is 0. The van der Waals surface area contributed by atoms with Crippen LogP contribution in [0.3, 0.4) is 0 Å². The summed E-state index contributed by atoms with van der Waals surface area (Å²) >= 11 is 7.59. The number of thiazole rings is 1. The van der Waals surface area contributed by atoms with Crippen molar-refractivity contribution in [2.45, 2.75) is 19.9 Å². The molecule has 1 saturated heterocycles. The fraction of sp³-hybridized carbons (Fsp3) is 0.115. The van der Waals surface area contributed by atoms with Crippen LogP contribution >= 0.6 is 22.9 Å². The van der Waals surface area contributed by atoms with Gasteiger partial charge in [-0.25, -0.2) is 4.98 Å². The van der Waals surface area contributed by atoms with E-state index in [4.69, 9.17) is 11.6 Å². The average Bonchev–Trinajstić information content (AvgIpc) is 3.32. The molecule has 0 aliphatic carbocycles. The lowest BCUT2D eigenvalue weighted by Crippen LogP contribution is -2.29. The zero-order valence-corrected chi connectivity index (χ0v) is 19.4. The number of fused-ring (bicyclic) bond motifs is 1. The van der Waals surface area contributed by atoms with E-state index in [9.17, 15) is 14.7 Å². The minimum atomic E-state index is -0.855. The number of rotatable bonds is 3. The molecule has 0 bridgehead atoms. The number of aliphatic hydroxyl groups excluding tert-OH is 1. The molecule has 1 aliphatic heterocycles. The first kappa shape index (κ1) is 21.4. The number of Topliss-reactive ketones (excluding diaryl/α,β-unsaturated/α-hetero) is 1. The van der Waals surface area contributed by atoms with Crippen LogP contribution in [0.25, 0.3) is 16.0 Å². The molecule has 3 aromatic carbocycles. The number of benzene rings is 3. The Morgan fingerprint density at radius 2 is 1.73 bits per heavy atom. The van der Waals surface area contributed by atoms with Crippen molar-refractivity contribution in [2.24, 2.45) is 0 Å². The highest BCUT2D eigenvalue weighted by molar-refractivity contribution is 7.22. The first-order valence-corrected chi connectivity index (χ1v) is 11.5. The van der Waals surface area contributed by atoms with Crippen molar-refractivity contribution in [1.82, 2.24) is 4.98 Å². The van der Waals surface area contributed by atoms with Crippen molar-refractivity contribution in [1.29, 1.82) is 0 Å². The summed E-state index contributed by atoms with van der Waals surface area (Å²) in [5.41, 5.74) is 3.93. The molecule has 4 aromatic rings. The van der Waals surface area contributed by atoms with Crippen LogP contribution in [0.15, 0.2) is 72.3 Å². The molecular weight excluding hydrogens is 456 g/mol. The summed E-state index contributed by atoms with van der Waals surface area (Å²) in [4.78, 5) is 32.5. The number of hydrogen-bond acceptors (Lipinski definition) is 5. The lowest BCUT2D eigenvalue weighted by Gasteiger charge is -2.23. The van der Waals surface area contributed by atoms with Crippen LogP contribution in [0.1, 0.15) is 28.3 Å². The van der Waals surface area contributed by atoms with Crippen molar-refractivity contribution < 1.29 is 14.7 Å².